The van der Waals surface area contributed by atoms with Gasteiger partial charge in [0.15, 0.2) is 18.2 Å². The second-order valence-electron chi connectivity index (χ2n) is 5.49. The molecule has 10 heteroatoms. The van der Waals surface area contributed by atoms with Crippen molar-refractivity contribution in [3.8, 4) is 5.82 Å². The molecule has 3 aromatic rings. The van der Waals surface area contributed by atoms with Gasteiger partial charge in [0.2, 0.25) is 5.90 Å². The molecule has 6 nitrogen and oxygen atoms in total. The first-order chi connectivity index (χ1) is 13.0. The quantitative estimate of drug-likeness (QED) is 0.313. The number of ether oxygens (including phenoxy) is 1. The van der Waals surface area contributed by atoms with E-state index in [-0.39, 0.29) is 5.90 Å². The first-order valence-electron chi connectivity index (χ1n) is 7.54. The summed E-state index contributed by atoms with van der Waals surface area (Å²) in [6, 6.07) is 8.61. The number of carbonyl (C=O) groups excluding carboxylic acids is 1. The summed E-state index contributed by atoms with van der Waals surface area (Å²) >= 11 is 17.9. The highest BCUT2D eigenvalue weighted by atomic mass is 127. The molecule has 1 atom stereocenters. The number of pyridine rings is 1. The van der Waals surface area contributed by atoms with Crippen LogP contribution in [0.1, 0.15) is 17.4 Å². The molecular weight excluding hydrogens is 570 g/mol. The number of hydrogen-bond acceptors (Lipinski definition) is 5. The van der Waals surface area contributed by atoms with Crippen LogP contribution in [0.2, 0.25) is 10.0 Å². The van der Waals surface area contributed by atoms with Crippen molar-refractivity contribution in [3.63, 3.8) is 0 Å². The maximum atomic E-state index is 11.6. The molecule has 1 aliphatic heterocycles. The molecule has 4 rings (SSSR count). The largest absolute Gasteiger partial charge is 0.460 e. The Kier molecular flexibility index (Phi) is 5.23. The van der Waals surface area contributed by atoms with Crippen molar-refractivity contribution in [1.29, 1.82) is 0 Å². The summed E-state index contributed by atoms with van der Waals surface area (Å²) in [6.07, 6.45) is 1.49. The van der Waals surface area contributed by atoms with Crippen molar-refractivity contribution in [2.45, 2.75) is 6.10 Å². The van der Waals surface area contributed by atoms with Gasteiger partial charge in [-0.1, -0.05) is 23.2 Å². The molecule has 3 heterocycles. The number of aldehydes is 1. The van der Waals surface area contributed by atoms with Crippen molar-refractivity contribution < 1.29 is 9.53 Å². The maximum Gasteiger partial charge on any atom is 0.241 e. The van der Waals surface area contributed by atoms with Crippen LogP contribution in [-0.2, 0) is 9.53 Å². The van der Waals surface area contributed by atoms with Crippen LogP contribution in [-0.4, -0.2) is 26.9 Å². The fourth-order valence-electron chi connectivity index (χ4n) is 2.65. The second-order valence-corrected chi connectivity index (χ2v) is 8.31. The van der Waals surface area contributed by atoms with Gasteiger partial charge in [0.25, 0.3) is 0 Å². The highest BCUT2D eigenvalue weighted by Gasteiger charge is 2.29. The van der Waals surface area contributed by atoms with Crippen molar-refractivity contribution in [1.82, 2.24) is 14.8 Å². The fraction of sp³-hybridized carbons (Fsp3) is 0.0588. The van der Waals surface area contributed by atoms with Crippen molar-refractivity contribution in [3.05, 3.63) is 66.0 Å². The predicted molar refractivity (Wildman–Crippen MR) is 114 cm³/mol. The maximum absolute atomic E-state index is 11.6. The number of aliphatic imine (C=N–C) groups is 1. The molecule has 0 aliphatic carbocycles. The number of rotatable bonds is 3. The van der Waals surface area contributed by atoms with Crippen LogP contribution >= 0.6 is 61.7 Å². The zero-order chi connectivity index (χ0) is 19.1. The Hall–Kier alpha value is -1.49. The minimum Gasteiger partial charge on any atom is -0.460 e. The molecule has 0 amide bonds. The number of benzene rings is 1. The van der Waals surface area contributed by atoms with Crippen molar-refractivity contribution in [2.24, 2.45) is 4.99 Å². The van der Waals surface area contributed by atoms with Gasteiger partial charge in [0.1, 0.15) is 10.3 Å². The lowest BCUT2D eigenvalue weighted by Gasteiger charge is -2.23. The predicted octanol–water partition coefficient (Wildman–Crippen LogP) is 5.29. The van der Waals surface area contributed by atoms with Crippen LogP contribution in [0.3, 0.4) is 0 Å². The van der Waals surface area contributed by atoms with Gasteiger partial charge in [0, 0.05) is 26.4 Å². The smallest absolute Gasteiger partial charge is 0.241 e. The molecule has 0 N–H and O–H groups in total. The molecule has 1 aromatic carbocycles. The lowest BCUT2D eigenvalue weighted by molar-refractivity contribution is -0.114. The van der Waals surface area contributed by atoms with Gasteiger partial charge in [-0.15, -0.1) is 0 Å². The second kappa shape index (κ2) is 7.50. The van der Waals surface area contributed by atoms with Crippen LogP contribution < -0.4 is 0 Å². The summed E-state index contributed by atoms with van der Waals surface area (Å²) in [5, 5.41) is 5.30. The van der Waals surface area contributed by atoms with E-state index in [0.717, 1.165) is 3.57 Å². The Balaban J connectivity index is 1.91. The number of carbonyl (C=O) groups is 1. The van der Waals surface area contributed by atoms with Crippen LogP contribution in [0.5, 0.6) is 0 Å². The molecule has 136 valence electrons. The first-order valence-corrected chi connectivity index (χ1v) is 10.2. The molecule has 2 aromatic heterocycles. The van der Waals surface area contributed by atoms with Gasteiger partial charge in [-0.05, 0) is 62.8 Å². The summed E-state index contributed by atoms with van der Waals surface area (Å²) in [7, 11) is 0. The van der Waals surface area contributed by atoms with Crippen molar-refractivity contribution in [2.75, 3.05) is 0 Å². The summed E-state index contributed by atoms with van der Waals surface area (Å²) in [6.45, 7) is 0. The summed E-state index contributed by atoms with van der Waals surface area (Å²) in [5.41, 5.74) is 1.76. The zero-order valence-corrected chi connectivity index (χ0v) is 18.5. The highest BCUT2D eigenvalue weighted by molar-refractivity contribution is 14.1. The third-order valence-corrected chi connectivity index (χ3v) is 5.50. The summed E-state index contributed by atoms with van der Waals surface area (Å²) in [4.78, 5) is 20.5. The van der Waals surface area contributed by atoms with Crippen LogP contribution in [0.4, 0.5) is 5.69 Å². The lowest BCUT2D eigenvalue weighted by Crippen LogP contribution is -2.21. The molecule has 0 saturated heterocycles. The molecule has 0 saturated carbocycles. The number of nitrogens with zero attached hydrogens (tertiary/aromatic N) is 4. The zero-order valence-electron chi connectivity index (χ0n) is 13.2. The molecule has 0 spiro atoms. The normalized spacial score (nSPS) is 15.7. The number of hydrogen-bond donors (Lipinski definition) is 0. The van der Waals surface area contributed by atoms with Crippen LogP contribution in [0.25, 0.3) is 5.82 Å². The molecular formula is C17H8BrCl2IN4O2. The molecule has 0 radical (unpaired) electrons. The van der Waals surface area contributed by atoms with Gasteiger partial charge >= 0.3 is 0 Å². The molecule has 0 bridgehead atoms. The van der Waals surface area contributed by atoms with E-state index < -0.39 is 6.10 Å². The molecule has 0 fully saturated rings. The van der Waals surface area contributed by atoms with E-state index in [1.165, 1.54) is 4.68 Å². The average molecular weight is 578 g/mol. The summed E-state index contributed by atoms with van der Waals surface area (Å²) in [5.74, 6) is 0.658. The fourth-order valence-corrected chi connectivity index (χ4v) is 4.41. The molecule has 27 heavy (non-hydrogen) atoms. The topological polar surface area (TPSA) is 69.4 Å². The van der Waals surface area contributed by atoms with Crippen LogP contribution in [0.15, 0.2) is 46.1 Å². The van der Waals surface area contributed by atoms with Gasteiger partial charge < -0.3 is 4.74 Å². The highest BCUT2D eigenvalue weighted by Crippen LogP contribution is 2.39. The third kappa shape index (κ3) is 3.51. The van der Waals surface area contributed by atoms with E-state index >= 15 is 0 Å². The van der Waals surface area contributed by atoms with Crippen molar-refractivity contribution >= 4 is 79.6 Å². The van der Waals surface area contributed by atoms with E-state index in [2.05, 4.69) is 53.6 Å². The Morgan fingerprint density at radius 1 is 1.30 bits per heavy atom. The standard InChI is InChI=1S/C17H8BrCl2IN4O2/c18-14-6-12(25(24-14)16-10(20)2-1-3-22-16)17-23-15-9(13(7-26)27-17)4-8(19)5-11(15)21/h1-7,13H. The lowest BCUT2D eigenvalue weighted by atomic mass is 10.1. The number of aromatic nitrogens is 3. The van der Waals surface area contributed by atoms with E-state index in [4.69, 9.17) is 27.9 Å². The van der Waals surface area contributed by atoms with E-state index in [0.29, 0.717) is 43.7 Å². The molecule has 1 unspecified atom stereocenters. The Morgan fingerprint density at radius 2 is 2.11 bits per heavy atom. The molecule has 1 aliphatic rings. The minimum atomic E-state index is -0.832. The SMILES string of the molecule is O=CC1OC(c2cc(Br)nn2-c2ncccc2Cl)=Nc2c(I)cc(Cl)cc21. The monoisotopic (exact) mass is 576 g/mol. The van der Waals surface area contributed by atoms with Gasteiger partial charge in [-0.25, -0.2) is 14.7 Å². The Morgan fingerprint density at radius 3 is 2.85 bits per heavy atom. The number of fused-ring (bicyclic) bond motifs is 1. The minimum absolute atomic E-state index is 0.236. The average Bonchev–Trinajstić information content (AvgIpc) is 3.03. The van der Waals surface area contributed by atoms with Gasteiger partial charge in [-0.3, -0.25) is 4.79 Å². The Labute approximate surface area is 185 Å². The van der Waals surface area contributed by atoms with Gasteiger partial charge in [0.05, 0.1) is 10.7 Å². The summed E-state index contributed by atoms with van der Waals surface area (Å²) < 4.78 is 8.71. The van der Waals surface area contributed by atoms with E-state index in [1.54, 1.807) is 36.5 Å². The van der Waals surface area contributed by atoms with E-state index in [9.17, 15) is 4.79 Å². The Bertz CT molecular complexity index is 1100. The van der Waals surface area contributed by atoms with Gasteiger partial charge in [-0.2, -0.15) is 5.10 Å². The number of halogens is 4. The van der Waals surface area contributed by atoms with E-state index in [1.807, 2.05) is 0 Å². The third-order valence-electron chi connectivity index (χ3n) is 3.78. The van der Waals surface area contributed by atoms with Crippen LogP contribution in [0, 0.1) is 3.57 Å². The first kappa shape index (κ1) is 18.9.